The Labute approximate surface area is 184 Å². The first-order valence-corrected chi connectivity index (χ1v) is 11.2. The number of amides is 1. The third-order valence-corrected chi connectivity index (χ3v) is 6.10. The van der Waals surface area contributed by atoms with E-state index < -0.39 is 0 Å². The van der Waals surface area contributed by atoms with E-state index in [0.29, 0.717) is 29.4 Å². The first-order chi connectivity index (χ1) is 14.6. The maximum absolute atomic E-state index is 12.6. The van der Waals surface area contributed by atoms with Crippen molar-refractivity contribution >= 4 is 35.1 Å². The average molecular weight is 445 g/mol. The highest BCUT2D eigenvalue weighted by atomic mass is 32.1. The molecule has 1 unspecified atom stereocenters. The third-order valence-electron chi connectivity index (χ3n) is 4.92. The second-order valence-corrected chi connectivity index (χ2v) is 8.56. The molecule has 0 spiro atoms. The van der Waals surface area contributed by atoms with Gasteiger partial charge in [-0.1, -0.05) is 12.1 Å². The number of aryl methyl sites for hydroxylation is 1. The van der Waals surface area contributed by atoms with Gasteiger partial charge < -0.3 is 14.8 Å². The normalized spacial score (nSPS) is 16.0. The Kier molecular flexibility index (Phi) is 6.61. The highest BCUT2D eigenvalue weighted by molar-refractivity contribution is 7.71. The van der Waals surface area contributed by atoms with Crippen LogP contribution in [-0.4, -0.2) is 40.0 Å². The molecule has 1 saturated heterocycles. The van der Waals surface area contributed by atoms with Gasteiger partial charge in [-0.25, -0.2) is 0 Å². The second-order valence-electron chi connectivity index (χ2n) is 7.23. The molecule has 9 heteroatoms. The summed E-state index contributed by atoms with van der Waals surface area (Å²) in [4.78, 5) is 13.7. The molecule has 0 bridgehead atoms. The van der Waals surface area contributed by atoms with Crippen LogP contribution in [0.3, 0.4) is 0 Å². The highest BCUT2D eigenvalue weighted by Crippen LogP contribution is 2.27. The van der Waals surface area contributed by atoms with Gasteiger partial charge in [-0.3, -0.25) is 14.5 Å². The summed E-state index contributed by atoms with van der Waals surface area (Å²) in [5.74, 6) is 1.30. The smallest absolute Gasteiger partial charge is 0.226 e. The van der Waals surface area contributed by atoms with Crippen LogP contribution >= 0.6 is 23.6 Å². The number of benzene rings is 1. The molecule has 158 valence electrons. The fraction of sp³-hybridized carbons (Fsp3) is 0.381. The van der Waals surface area contributed by atoms with E-state index in [4.69, 9.17) is 21.7 Å². The number of hydrogen-bond donors (Lipinski definition) is 2. The lowest BCUT2D eigenvalue weighted by Gasteiger charge is -2.16. The molecule has 1 amide bonds. The predicted octanol–water partition coefficient (Wildman–Crippen LogP) is 4.56. The van der Waals surface area contributed by atoms with Crippen molar-refractivity contribution in [3.8, 4) is 16.5 Å². The Morgan fingerprint density at radius 3 is 3.13 bits per heavy atom. The molecule has 1 aliphatic rings. The molecule has 0 radical (unpaired) electrons. The number of rotatable bonds is 8. The zero-order valence-corrected chi connectivity index (χ0v) is 18.4. The van der Waals surface area contributed by atoms with E-state index in [-0.39, 0.29) is 18.4 Å². The lowest BCUT2D eigenvalue weighted by atomic mass is 10.2. The van der Waals surface area contributed by atoms with Gasteiger partial charge in [0.2, 0.25) is 5.91 Å². The van der Waals surface area contributed by atoms with E-state index in [2.05, 4.69) is 15.5 Å². The van der Waals surface area contributed by atoms with Crippen molar-refractivity contribution in [2.24, 2.45) is 0 Å². The van der Waals surface area contributed by atoms with Crippen molar-refractivity contribution in [1.82, 2.24) is 14.8 Å². The molecule has 3 heterocycles. The molecule has 3 aromatic rings. The maximum atomic E-state index is 12.6. The van der Waals surface area contributed by atoms with Gasteiger partial charge in [0, 0.05) is 19.6 Å². The number of hydrogen-bond acceptors (Lipinski definition) is 6. The minimum Gasteiger partial charge on any atom is -0.489 e. The Bertz CT molecular complexity index is 1050. The number of aromatic amines is 1. The van der Waals surface area contributed by atoms with Crippen molar-refractivity contribution < 1.29 is 14.3 Å². The largest absolute Gasteiger partial charge is 0.489 e. The molecule has 1 aromatic carbocycles. The molecule has 0 saturated carbocycles. The van der Waals surface area contributed by atoms with Gasteiger partial charge >= 0.3 is 0 Å². The maximum Gasteiger partial charge on any atom is 0.226 e. The van der Waals surface area contributed by atoms with Crippen molar-refractivity contribution in [3.63, 3.8) is 0 Å². The summed E-state index contributed by atoms with van der Waals surface area (Å²) in [7, 11) is 0. The number of nitrogens with one attached hydrogen (secondary N) is 2. The Morgan fingerprint density at radius 1 is 1.47 bits per heavy atom. The van der Waals surface area contributed by atoms with Crippen molar-refractivity contribution in [2.75, 3.05) is 18.5 Å². The van der Waals surface area contributed by atoms with E-state index >= 15 is 0 Å². The molecule has 4 rings (SSSR count). The van der Waals surface area contributed by atoms with E-state index in [0.717, 1.165) is 35.7 Å². The van der Waals surface area contributed by atoms with Crippen molar-refractivity contribution in [1.29, 1.82) is 0 Å². The SMILES string of the molecule is Cc1ccc(NC(=O)CCn2c(-c3cccs3)n[nH]c2=S)c(OCC2CCCO2)c1. The summed E-state index contributed by atoms with van der Waals surface area (Å²) in [6.07, 6.45) is 2.46. The standard InChI is InChI=1S/C21H24N4O3S2/c1-14-6-7-16(17(12-14)28-13-15-4-2-10-27-15)22-19(26)8-9-25-20(23-24-21(25)29)18-5-3-11-30-18/h3,5-7,11-12,15H,2,4,8-10,13H2,1H3,(H,22,26)(H,24,29). The fourth-order valence-electron chi connectivity index (χ4n) is 3.36. The van der Waals surface area contributed by atoms with Crippen LogP contribution in [-0.2, 0) is 16.1 Å². The van der Waals surface area contributed by atoms with Crippen LogP contribution in [0.4, 0.5) is 5.69 Å². The molecule has 1 aliphatic heterocycles. The van der Waals surface area contributed by atoms with Gasteiger partial charge in [-0.05, 0) is 61.1 Å². The van der Waals surface area contributed by atoms with Crippen LogP contribution in [0, 0.1) is 11.7 Å². The molecule has 0 aliphatic carbocycles. The number of thiophene rings is 1. The number of nitrogens with zero attached hydrogens (tertiary/aromatic N) is 2. The van der Waals surface area contributed by atoms with Gasteiger partial charge in [0.1, 0.15) is 12.4 Å². The van der Waals surface area contributed by atoms with E-state index in [9.17, 15) is 4.79 Å². The highest BCUT2D eigenvalue weighted by Gasteiger charge is 2.18. The van der Waals surface area contributed by atoms with Crippen LogP contribution in [0.5, 0.6) is 5.75 Å². The number of H-pyrrole nitrogens is 1. The summed E-state index contributed by atoms with van der Waals surface area (Å²) in [6, 6.07) is 9.71. The van der Waals surface area contributed by atoms with Crippen LogP contribution < -0.4 is 10.1 Å². The van der Waals surface area contributed by atoms with E-state index in [1.54, 1.807) is 11.3 Å². The first kappa shape index (κ1) is 20.8. The number of aromatic nitrogens is 3. The van der Waals surface area contributed by atoms with Gasteiger partial charge in [0.15, 0.2) is 10.6 Å². The zero-order valence-electron chi connectivity index (χ0n) is 16.7. The van der Waals surface area contributed by atoms with Crippen molar-refractivity contribution in [3.05, 3.63) is 46.0 Å². The molecular weight excluding hydrogens is 420 g/mol. The second kappa shape index (κ2) is 9.55. The van der Waals surface area contributed by atoms with Gasteiger partial charge in [0.05, 0.1) is 16.7 Å². The predicted molar refractivity (Wildman–Crippen MR) is 120 cm³/mol. The fourth-order valence-corrected chi connectivity index (χ4v) is 4.30. The lowest BCUT2D eigenvalue weighted by molar-refractivity contribution is -0.116. The number of carbonyl (C=O) groups is 1. The van der Waals surface area contributed by atoms with Crippen LogP contribution in [0.2, 0.25) is 0 Å². The number of anilines is 1. The van der Waals surface area contributed by atoms with Crippen molar-refractivity contribution in [2.45, 2.75) is 38.8 Å². The summed E-state index contributed by atoms with van der Waals surface area (Å²) < 4.78 is 13.9. The minimum absolute atomic E-state index is 0.110. The summed E-state index contributed by atoms with van der Waals surface area (Å²) in [6.45, 7) is 3.71. The molecule has 7 nitrogen and oxygen atoms in total. The van der Waals surface area contributed by atoms with E-state index in [1.165, 1.54) is 0 Å². The summed E-state index contributed by atoms with van der Waals surface area (Å²) in [5, 5.41) is 12.1. The molecule has 1 fully saturated rings. The van der Waals surface area contributed by atoms with Crippen LogP contribution in [0.25, 0.3) is 10.7 Å². The molecule has 1 atom stereocenters. The minimum atomic E-state index is -0.110. The Morgan fingerprint density at radius 2 is 2.37 bits per heavy atom. The Balaban J connectivity index is 1.40. The average Bonchev–Trinajstić information content (AvgIpc) is 3.49. The molecule has 2 aromatic heterocycles. The molecular formula is C21H24N4O3S2. The van der Waals surface area contributed by atoms with Crippen LogP contribution in [0.1, 0.15) is 24.8 Å². The monoisotopic (exact) mass is 444 g/mol. The number of ether oxygens (including phenoxy) is 2. The number of carbonyl (C=O) groups excluding carboxylic acids is 1. The lowest BCUT2D eigenvalue weighted by Crippen LogP contribution is -2.19. The van der Waals surface area contributed by atoms with Gasteiger partial charge in [0.25, 0.3) is 0 Å². The topological polar surface area (TPSA) is 81.2 Å². The zero-order chi connectivity index (χ0) is 20.9. The first-order valence-electron chi connectivity index (χ1n) is 9.94. The van der Waals surface area contributed by atoms with Gasteiger partial charge in [-0.2, -0.15) is 5.10 Å². The van der Waals surface area contributed by atoms with Gasteiger partial charge in [-0.15, -0.1) is 11.3 Å². The summed E-state index contributed by atoms with van der Waals surface area (Å²) >= 11 is 6.92. The van der Waals surface area contributed by atoms with E-state index in [1.807, 2.05) is 47.2 Å². The Hall–Kier alpha value is -2.49. The molecule has 30 heavy (non-hydrogen) atoms. The summed E-state index contributed by atoms with van der Waals surface area (Å²) in [5.41, 5.74) is 1.73. The van der Waals surface area contributed by atoms with Crippen LogP contribution in [0.15, 0.2) is 35.7 Å². The quantitative estimate of drug-likeness (QED) is 0.498. The third kappa shape index (κ3) is 4.97. The molecule has 2 N–H and O–H groups in total.